The highest BCUT2D eigenvalue weighted by molar-refractivity contribution is 7.15. The van der Waals surface area contributed by atoms with Crippen molar-refractivity contribution in [2.24, 2.45) is 0 Å². The molecule has 0 amide bonds. The minimum atomic E-state index is 0.180. The number of piperidine rings is 1. The lowest BCUT2D eigenvalue weighted by atomic mass is 9.79. The van der Waals surface area contributed by atoms with E-state index in [1.165, 1.54) is 0 Å². The third kappa shape index (κ3) is 3.92. The van der Waals surface area contributed by atoms with Crippen molar-refractivity contribution >= 4 is 22.9 Å². The van der Waals surface area contributed by atoms with E-state index in [4.69, 9.17) is 11.6 Å². The standard InChI is InChI=1S/C13H22ClN3S/c1-12(2)5-9(6-13(3,4)17-12)15-8-11-16-7-10(14)18-11/h7,9,15,17H,5-6,8H2,1-4H3. The van der Waals surface area contributed by atoms with Gasteiger partial charge in [-0.25, -0.2) is 4.98 Å². The summed E-state index contributed by atoms with van der Waals surface area (Å²) >= 11 is 7.44. The van der Waals surface area contributed by atoms with Crippen molar-refractivity contribution in [1.82, 2.24) is 15.6 Å². The molecule has 0 bridgehead atoms. The van der Waals surface area contributed by atoms with E-state index in [0.717, 1.165) is 28.7 Å². The molecular weight excluding hydrogens is 266 g/mol. The van der Waals surface area contributed by atoms with Crippen molar-refractivity contribution in [3.63, 3.8) is 0 Å². The summed E-state index contributed by atoms with van der Waals surface area (Å²) in [4.78, 5) is 4.28. The first-order valence-corrected chi connectivity index (χ1v) is 7.58. The first kappa shape index (κ1) is 14.3. The summed E-state index contributed by atoms with van der Waals surface area (Å²) in [7, 11) is 0. The monoisotopic (exact) mass is 287 g/mol. The molecule has 0 radical (unpaired) electrons. The van der Waals surface area contributed by atoms with Gasteiger partial charge in [0, 0.05) is 23.7 Å². The lowest BCUT2D eigenvalue weighted by Crippen LogP contribution is -2.61. The van der Waals surface area contributed by atoms with Crippen LogP contribution in [0.4, 0.5) is 0 Å². The Morgan fingerprint density at radius 3 is 2.50 bits per heavy atom. The zero-order valence-corrected chi connectivity index (χ0v) is 13.1. The van der Waals surface area contributed by atoms with Gasteiger partial charge in [-0.2, -0.15) is 0 Å². The Balaban J connectivity index is 1.93. The van der Waals surface area contributed by atoms with Crippen LogP contribution in [0.15, 0.2) is 6.20 Å². The maximum Gasteiger partial charge on any atom is 0.113 e. The average molecular weight is 288 g/mol. The maximum atomic E-state index is 5.89. The molecular formula is C13H22ClN3S. The van der Waals surface area contributed by atoms with Crippen molar-refractivity contribution in [2.45, 2.75) is 64.2 Å². The predicted octanol–water partition coefficient (Wildman–Crippen LogP) is 3.20. The highest BCUT2D eigenvalue weighted by Gasteiger charge is 2.37. The molecule has 0 atom stereocenters. The Morgan fingerprint density at radius 2 is 2.00 bits per heavy atom. The normalized spacial score (nSPS) is 23.2. The zero-order valence-electron chi connectivity index (χ0n) is 11.5. The summed E-state index contributed by atoms with van der Waals surface area (Å²) in [6, 6.07) is 0.527. The van der Waals surface area contributed by atoms with Crippen LogP contribution in [0.1, 0.15) is 45.5 Å². The number of hydrogen-bond acceptors (Lipinski definition) is 4. The molecule has 0 aliphatic carbocycles. The van der Waals surface area contributed by atoms with Gasteiger partial charge >= 0.3 is 0 Å². The van der Waals surface area contributed by atoms with Crippen LogP contribution in [0.5, 0.6) is 0 Å². The molecule has 1 aliphatic rings. The number of nitrogens with zero attached hydrogens (tertiary/aromatic N) is 1. The molecule has 1 aromatic heterocycles. The molecule has 18 heavy (non-hydrogen) atoms. The van der Waals surface area contributed by atoms with Crippen LogP contribution in [-0.2, 0) is 6.54 Å². The van der Waals surface area contributed by atoms with Gasteiger partial charge in [-0.05, 0) is 40.5 Å². The summed E-state index contributed by atoms with van der Waals surface area (Å²) in [5.41, 5.74) is 0.361. The topological polar surface area (TPSA) is 37.0 Å². The fourth-order valence-corrected chi connectivity index (χ4v) is 3.98. The van der Waals surface area contributed by atoms with Crippen LogP contribution in [0, 0.1) is 0 Å². The minimum Gasteiger partial charge on any atom is -0.308 e. The highest BCUT2D eigenvalue weighted by atomic mass is 35.5. The largest absolute Gasteiger partial charge is 0.308 e. The van der Waals surface area contributed by atoms with Crippen molar-refractivity contribution in [3.8, 4) is 0 Å². The lowest BCUT2D eigenvalue weighted by molar-refractivity contribution is 0.145. The second-order valence-corrected chi connectivity index (χ2v) is 8.18. The molecule has 0 aromatic carbocycles. The second kappa shape index (κ2) is 5.08. The van der Waals surface area contributed by atoms with Crippen molar-refractivity contribution < 1.29 is 0 Å². The van der Waals surface area contributed by atoms with E-state index in [1.54, 1.807) is 17.5 Å². The molecule has 1 fully saturated rings. The SMILES string of the molecule is CC1(C)CC(NCc2ncc(Cl)s2)CC(C)(C)N1. The van der Waals surface area contributed by atoms with Gasteiger partial charge in [0.1, 0.15) is 9.34 Å². The van der Waals surface area contributed by atoms with Crippen LogP contribution < -0.4 is 10.6 Å². The summed E-state index contributed by atoms with van der Waals surface area (Å²) in [5.74, 6) is 0. The number of halogens is 1. The van der Waals surface area contributed by atoms with Gasteiger partial charge in [0.05, 0.1) is 6.20 Å². The molecule has 2 heterocycles. The zero-order chi connectivity index (χ0) is 13.4. The lowest BCUT2D eigenvalue weighted by Gasteiger charge is -2.46. The molecule has 5 heteroatoms. The molecule has 2 N–H and O–H groups in total. The van der Waals surface area contributed by atoms with Gasteiger partial charge in [0.2, 0.25) is 0 Å². The first-order chi connectivity index (χ1) is 8.26. The van der Waals surface area contributed by atoms with Crippen LogP contribution in [0.25, 0.3) is 0 Å². The van der Waals surface area contributed by atoms with E-state index in [-0.39, 0.29) is 11.1 Å². The van der Waals surface area contributed by atoms with E-state index in [1.807, 2.05) is 0 Å². The summed E-state index contributed by atoms with van der Waals surface area (Å²) in [5, 5.41) is 8.37. The highest BCUT2D eigenvalue weighted by Crippen LogP contribution is 2.29. The molecule has 0 spiro atoms. The molecule has 0 saturated carbocycles. The summed E-state index contributed by atoms with van der Waals surface area (Å²) < 4.78 is 0.762. The predicted molar refractivity (Wildman–Crippen MR) is 78.3 cm³/mol. The third-order valence-corrected chi connectivity index (χ3v) is 4.37. The molecule has 1 aliphatic heterocycles. The summed E-state index contributed by atoms with van der Waals surface area (Å²) in [6.45, 7) is 9.88. The van der Waals surface area contributed by atoms with Crippen molar-refractivity contribution in [2.75, 3.05) is 0 Å². The molecule has 2 rings (SSSR count). The average Bonchev–Trinajstić information content (AvgIpc) is 2.56. The molecule has 1 aromatic rings. The number of hydrogen-bond donors (Lipinski definition) is 2. The third-order valence-electron chi connectivity index (χ3n) is 3.26. The van der Waals surface area contributed by atoms with Gasteiger partial charge in [-0.15, -0.1) is 11.3 Å². The molecule has 1 saturated heterocycles. The van der Waals surface area contributed by atoms with Crippen molar-refractivity contribution in [1.29, 1.82) is 0 Å². The number of thiazole rings is 1. The molecule has 102 valence electrons. The van der Waals surface area contributed by atoms with Crippen LogP contribution in [0.3, 0.4) is 0 Å². The molecule has 3 nitrogen and oxygen atoms in total. The van der Waals surface area contributed by atoms with E-state index in [2.05, 4.69) is 43.3 Å². The van der Waals surface area contributed by atoms with Crippen LogP contribution in [-0.4, -0.2) is 22.1 Å². The van der Waals surface area contributed by atoms with Crippen LogP contribution in [0.2, 0.25) is 4.34 Å². The summed E-state index contributed by atoms with van der Waals surface area (Å²) in [6.07, 6.45) is 3.99. The minimum absolute atomic E-state index is 0.180. The van der Waals surface area contributed by atoms with Gasteiger partial charge in [0.15, 0.2) is 0 Å². The van der Waals surface area contributed by atoms with E-state index < -0.39 is 0 Å². The van der Waals surface area contributed by atoms with E-state index in [9.17, 15) is 0 Å². The fourth-order valence-electron chi connectivity index (χ4n) is 3.07. The Labute approximate surface area is 118 Å². The van der Waals surface area contributed by atoms with E-state index in [0.29, 0.717) is 6.04 Å². The smallest absolute Gasteiger partial charge is 0.113 e. The van der Waals surface area contributed by atoms with Gasteiger partial charge in [-0.3, -0.25) is 0 Å². The van der Waals surface area contributed by atoms with Gasteiger partial charge in [0.25, 0.3) is 0 Å². The number of nitrogens with one attached hydrogen (secondary N) is 2. The molecule has 0 unspecified atom stereocenters. The van der Waals surface area contributed by atoms with Gasteiger partial charge < -0.3 is 10.6 Å². The fraction of sp³-hybridized carbons (Fsp3) is 0.769. The maximum absolute atomic E-state index is 5.89. The Morgan fingerprint density at radius 1 is 1.39 bits per heavy atom. The number of rotatable bonds is 3. The first-order valence-electron chi connectivity index (χ1n) is 6.39. The number of aromatic nitrogens is 1. The Hall–Kier alpha value is -0.160. The van der Waals surface area contributed by atoms with Gasteiger partial charge in [-0.1, -0.05) is 11.6 Å². The Kier molecular flexibility index (Phi) is 4.02. The quantitative estimate of drug-likeness (QED) is 0.896. The second-order valence-electron chi connectivity index (χ2n) is 6.44. The Bertz CT molecular complexity index is 398. The van der Waals surface area contributed by atoms with E-state index >= 15 is 0 Å². The van der Waals surface area contributed by atoms with Crippen LogP contribution >= 0.6 is 22.9 Å². The van der Waals surface area contributed by atoms with Crippen molar-refractivity contribution in [3.05, 3.63) is 15.5 Å².